The topological polar surface area (TPSA) is 61.1 Å². The number of halogens is 1. The highest BCUT2D eigenvalue weighted by atomic mass is 79.9. The lowest BCUT2D eigenvalue weighted by Crippen LogP contribution is -1.98. The third-order valence-electron chi connectivity index (χ3n) is 1.62. The molecule has 0 saturated carbocycles. The molecule has 13 heavy (non-hydrogen) atoms. The monoisotopic (exact) mass is 239 g/mol. The second-order valence-corrected chi connectivity index (χ2v) is 3.36. The van der Waals surface area contributed by atoms with Crippen molar-refractivity contribution in [2.75, 3.05) is 0 Å². The Morgan fingerprint density at radius 1 is 1.62 bits per heavy atom. The molecule has 0 saturated heterocycles. The van der Waals surface area contributed by atoms with Crippen LogP contribution < -0.4 is 0 Å². The number of aromatic carboxylic acids is 1. The molecular weight excluding hydrogens is 234 g/mol. The minimum atomic E-state index is -1.02. The van der Waals surface area contributed by atoms with Gasteiger partial charge in [-0.25, -0.2) is 4.79 Å². The minimum Gasteiger partial charge on any atom is -0.478 e. The van der Waals surface area contributed by atoms with E-state index in [9.17, 15) is 4.79 Å². The van der Waals surface area contributed by atoms with Gasteiger partial charge in [-0.2, -0.15) is 5.26 Å². The number of benzene rings is 1. The molecule has 1 N–H and O–H groups in total. The standard InChI is InChI=1S/C9H6BrNO2/c1-5-2-6(9(12)13)3-7(4-11)8(5)10/h2-3H,1H3,(H,12,13). The van der Waals surface area contributed by atoms with Crippen LogP contribution in [0, 0.1) is 18.3 Å². The molecule has 0 unspecified atom stereocenters. The van der Waals surface area contributed by atoms with Crippen LogP contribution in [0.3, 0.4) is 0 Å². The molecule has 0 heterocycles. The Labute approximate surface area is 83.7 Å². The van der Waals surface area contributed by atoms with E-state index in [0.717, 1.165) is 5.56 Å². The first-order valence-corrected chi connectivity index (χ1v) is 4.29. The van der Waals surface area contributed by atoms with Crippen LogP contribution in [0.1, 0.15) is 21.5 Å². The number of hydrogen-bond donors (Lipinski definition) is 1. The molecule has 0 amide bonds. The van der Waals surface area contributed by atoms with E-state index in [1.165, 1.54) is 12.1 Å². The van der Waals surface area contributed by atoms with Crippen LogP contribution in [0.25, 0.3) is 0 Å². The third kappa shape index (κ3) is 1.87. The Morgan fingerprint density at radius 2 is 2.23 bits per heavy atom. The summed E-state index contributed by atoms with van der Waals surface area (Å²) in [5.74, 6) is -1.02. The molecule has 0 atom stereocenters. The molecule has 0 aliphatic rings. The second kappa shape index (κ2) is 3.58. The zero-order valence-corrected chi connectivity index (χ0v) is 8.42. The Morgan fingerprint density at radius 3 is 2.69 bits per heavy atom. The first-order chi connectivity index (χ1) is 6.06. The van der Waals surface area contributed by atoms with E-state index < -0.39 is 5.97 Å². The summed E-state index contributed by atoms with van der Waals surface area (Å²) >= 11 is 3.21. The van der Waals surface area contributed by atoms with Gasteiger partial charge in [-0.05, 0) is 40.5 Å². The fraction of sp³-hybridized carbons (Fsp3) is 0.111. The van der Waals surface area contributed by atoms with E-state index in [1.807, 2.05) is 6.07 Å². The number of carbonyl (C=O) groups is 1. The zero-order chi connectivity index (χ0) is 10.0. The highest BCUT2D eigenvalue weighted by Gasteiger charge is 2.09. The number of aryl methyl sites for hydroxylation is 1. The number of hydrogen-bond acceptors (Lipinski definition) is 2. The summed E-state index contributed by atoms with van der Waals surface area (Å²) in [5, 5.41) is 17.4. The molecule has 0 aromatic heterocycles. The van der Waals surface area contributed by atoms with Crippen LogP contribution in [0.5, 0.6) is 0 Å². The lowest BCUT2D eigenvalue weighted by molar-refractivity contribution is 0.0696. The number of nitrogens with zero attached hydrogens (tertiary/aromatic N) is 1. The highest BCUT2D eigenvalue weighted by Crippen LogP contribution is 2.22. The van der Waals surface area contributed by atoms with Crippen molar-refractivity contribution in [2.24, 2.45) is 0 Å². The molecular formula is C9H6BrNO2. The Balaban J connectivity index is 3.41. The Hall–Kier alpha value is -1.34. The highest BCUT2D eigenvalue weighted by molar-refractivity contribution is 9.10. The van der Waals surface area contributed by atoms with E-state index in [2.05, 4.69) is 15.9 Å². The van der Waals surface area contributed by atoms with Gasteiger partial charge < -0.3 is 5.11 Å². The van der Waals surface area contributed by atoms with Gasteiger partial charge >= 0.3 is 5.97 Å². The van der Waals surface area contributed by atoms with Gasteiger partial charge in [-0.3, -0.25) is 0 Å². The van der Waals surface area contributed by atoms with Gasteiger partial charge in [0.15, 0.2) is 0 Å². The molecule has 3 nitrogen and oxygen atoms in total. The lowest BCUT2D eigenvalue weighted by Gasteiger charge is -2.02. The van der Waals surface area contributed by atoms with Crippen LogP contribution in [0.4, 0.5) is 0 Å². The van der Waals surface area contributed by atoms with Gasteiger partial charge in [0.2, 0.25) is 0 Å². The number of carboxylic acid groups (broad SMARTS) is 1. The van der Waals surface area contributed by atoms with E-state index in [-0.39, 0.29) is 5.56 Å². The van der Waals surface area contributed by atoms with Crippen LogP contribution in [0.2, 0.25) is 0 Å². The molecule has 0 fully saturated rings. The fourth-order valence-electron chi connectivity index (χ4n) is 0.974. The second-order valence-electron chi connectivity index (χ2n) is 2.57. The van der Waals surface area contributed by atoms with Crippen molar-refractivity contribution in [3.05, 3.63) is 33.3 Å². The van der Waals surface area contributed by atoms with Gasteiger partial charge in [0.1, 0.15) is 6.07 Å². The van der Waals surface area contributed by atoms with Crippen molar-refractivity contribution in [3.63, 3.8) is 0 Å². The van der Waals surface area contributed by atoms with Crippen molar-refractivity contribution in [3.8, 4) is 6.07 Å². The van der Waals surface area contributed by atoms with Gasteiger partial charge in [-0.15, -0.1) is 0 Å². The summed E-state index contributed by atoms with van der Waals surface area (Å²) in [6, 6.07) is 4.79. The summed E-state index contributed by atoms with van der Waals surface area (Å²) in [6.45, 7) is 1.75. The predicted molar refractivity (Wildman–Crippen MR) is 50.6 cm³/mol. The van der Waals surface area contributed by atoms with Gasteiger partial charge in [0.05, 0.1) is 11.1 Å². The van der Waals surface area contributed by atoms with Crippen molar-refractivity contribution < 1.29 is 9.90 Å². The maximum absolute atomic E-state index is 10.6. The summed E-state index contributed by atoms with van der Waals surface area (Å²) in [5.41, 5.74) is 1.23. The zero-order valence-electron chi connectivity index (χ0n) is 6.84. The van der Waals surface area contributed by atoms with Crippen LogP contribution >= 0.6 is 15.9 Å². The van der Waals surface area contributed by atoms with E-state index >= 15 is 0 Å². The summed E-state index contributed by atoms with van der Waals surface area (Å²) in [6.07, 6.45) is 0. The van der Waals surface area contributed by atoms with Crippen molar-refractivity contribution in [2.45, 2.75) is 6.92 Å². The van der Waals surface area contributed by atoms with E-state index in [4.69, 9.17) is 10.4 Å². The SMILES string of the molecule is Cc1cc(C(=O)O)cc(C#N)c1Br. The van der Waals surface area contributed by atoms with E-state index in [1.54, 1.807) is 6.92 Å². The Kier molecular flexibility index (Phi) is 2.69. The Bertz CT molecular complexity index is 407. The molecule has 0 spiro atoms. The molecule has 0 aliphatic carbocycles. The van der Waals surface area contributed by atoms with Crippen molar-refractivity contribution >= 4 is 21.9 Å². The van der Waals surface area contributed by atoms with Crippen LogP contribution in [-0.4, -0.2) is 11.1 Å². The van der Waals surface area contributed by atoms with Crippen LogP contribution in [-0.2, 0) is 0 Å². The third-order valence-corrected chi connectivity index (χ3v) is 2.67. The number of carboxylic acids is 1. The first-order valence-electron chi connectivity index (χ1n) is 3.50. The predicted octanol–water partition coefficient (Wildman–Crippen LogP) is 2.33. The first kappa shape index (κ1) is 9.75. The minimum absolute atomic E-state index is 0.136. The normalized spacial score (nSPS) is 9.31. The van der Waals surface area contributed by atoms with Crippen molar-refractivity contribution in [1.82, 2.24) is 0 Å². The van der Waals surface area contributed by atoms with E-state index in [0.29, 0.717) is 10.0 Å². The molecule has 66 valence electrons. The number of rotatable bonds is 1. The summed E-state index contributed by atoms with van der Waals surface area (Å²) < 4.78 is 0.653. The molecule has 4 heteroatoms. The molecule has 1 aromatic rings. The number of nitriles is 1. The average molecular weight is 240 g/mol. The molecule has 0 radical (unpaired) electrons. The fourth-order valence-corrected chi connectivity index (χ4v) is 1.29. The summed E-state index contributed by atoms with van der Waals surface area (Å²) in [7, 11) is 0. The van der Waals surface area contributed by atoms with Gasteiger partial charge in [-0.1, -0.05) is 0 Å². The van der Waals surface area contributed by atoms with Crippen LogP contribution in [0.15, 0.2) is 16.6 Å². The average Bonchev–Trinajstić information content (AvgIpc) is 2.09. The molecule has 1 aromatic carbocycles. The van der Waals surface area contributed by atoms with Gasteiger partial charge in [0, 0.05) is 4.47 Å². The summed E-state index contributed by atoms with van der Waals surface area (Å²) in [4.78, 5) is 10.6. The van der Waals surface area contributed by atoms with Crippen molar-refractivity contribution in [1.29, 1.82) is 5.26 Å². The lowest BCUT2D eigenvalue weighted by atomic mass is 10.1. The van der Waals surface area contributed by atoms with Gasteiger partial charge in [0.25, 0.3) is 0 Å². The maximum Gasteiger partial charge on any atom is 0.335 e. The molecule has 1 rings (SSSR count). The quantitative estimate of drug-likeness (QED) is 0.819. The molecule has 0 bridgehead atoms. The maximum atomic E-state index is 10.6. The smallest absolute Gasteiger partial charge is 0.335 e. The molecule has 0 aliphatic heterocycles. The largest absolute Gasteiger partial charge is 0.478 e.